The average Bonchev–Trinajstić information content (AvgIpc) is 3.02. The van der Waals surface area contributed by atoms with Crippen LogP contribution in [-0.2, 0) is 0 Å². The Morgan fingerprint density at radius 1 is 1.13 bits per heavy atom. The molecule has 1 aliphatic heterocycles. The van der Waals surface area contributed by atoms with E-state index in [9.17, 15) is 4.79 Å². The minimum Gasteiger partial charge on any atom is -0.493 e. The number of carbonyl (C=O) groups excluding carboxylic acids is 1. The smallest absolute Gasteiger partial charge is 0.256 e. The van der Waals surface area contributed by atoms with Crippen LogP contribution >= 0.6 is 0 Å². The van der Waals surface area contributed by atoms with Crippen LogP contribution in [0.2, 0.25) is 0 Å². The molecule has 3 aromatic rings. The Morgan fingerprint density at radius 3 is 2.78 bits per heavy atom. The molecule has 1 N–H and O–H groups in total. The predicted molar refractivity (Wildman–Crippen MR) is 85.2 cm³/mol. The number of amides is 1. The third-order valence-corrected chi connectivity index (χ3v) is 4.05. The number of likely N-dealkylation sites (tertiary alicyclic amines) is 1. The summed E-state index contributed by atoms with van der Waals surface area (Å²) in [6.07, 6.45) is 0. The van der Waals surface area contributed by atoms with Crippen molar-refractivity contribution in [3.05, 3.63) is 54.1 Å². The minimum absolute atomic E-state index is 0.000427. The molecule has 1 amide bonds. The molecule has 1 saturated heterocycles. The zero-order chi connectivity index (χ0) is 15.6. The molecular weight excluding hydrogens is 292 g/mol. The number of benzene rings is 2. The normalized spacial score (nSPS) is 14.7. The van der Waals surface area contributed by atoms with Crippen LogP contribution in [0.15, 0.2) is 48.5 Å². The third-order valence-electron chi connectivity index (χ3n) is 4.05. The highest BCUT2D eigenvalue weighted by molar-refractivity contribution is 6.04. The Kier molecular flexibility index (Phi) is 3.42. The molecular formula is C17H16N4O2. The maximum Gasteiger partial charge on any atom is 0.256 e. The Labute approximate surface area is 133 Å². The number of carbonyl (C=O) groups is 1. The number of fused-ring (bicyclic) bond motifs is 1. The summed E-state index contributed by atoms with van der Waals surface area (Å²) in [4.78, 5) is 14.4. The number of nitrogens with one attached hydrogen (secondary N) is 1. The largest absolute Gasteiger partial charge is 0.493 e. The standard InChI is InChI=1S/C17H16N4O2/c22-17(14-7-4-8-15-16(14)19-20-18-15)21-9-12(10-21)11-23-13-5-2-1-3-6-13/h1-8,12H,9-11H2,(H,18,19,20). The van der Waals surface area contributed by atoms with E-state index in [1.165, 1.54) is 0 Å². The monoisotopic (exact) mass is 308 g/mol. The fraction of sp³-hybridized carbons (Fsp3) is 0.235. The van der Waals surface area contributed by atoms with E-state index in [0.29, 0.717) is 42.2 Å². The first kappa shape index (κ1) is 13.8. The van der Waals surface area contributed by atoms with Crippen LogP contribution in [0.5, 0.6) is 5.75 Å². The molecule has 4 rings (SSSR count). The molecule has 2 heterocycles. The van der Waals surface area contributed by atoms with Crippen molar-refractivity contribution < 1.29 is 9.53 Å². The van der Waals surface area contributed by atoms with Gasteiger partial charge in [-0.05, 0) is 24.3 Å². The number of ether oxygens (including phenoxy) is 1. The number of hydrogen-bond acceptors (Lipinski definition) is 4. The van der Waals surface area contributed by atoms with Crippen LogP contribution in [-0.4, -0.2) is 45.9 Å². The SMILES string of the molecule is O=C(c1cccc2n[nH]nc12)N1CC(COc2ccccc2)C1. The van der Waals surface area contributed by atoms with E-state index in [2.05, 4.69) is 15.4 Å². The molecule has 0 aliphatic carbocycles. The second-order valence-electron chi connectivity index (χ2n) is 5.70. The van der Waals surface area contributed by atoms with E-state index in [0.717, 1.165) is 5.75 Å². The van der Waals surface area contributed by atoms with Gasteiger partial charge in [-0.2, -0.15) is 15.4 Å². The summed E-state index contributed by atoms with van der Waals surface area (Å²) < 4.78 is 5.74. The number of hydrogen-bond donors (Lipinski definition) is 1. The van der Waals surface area contributed by atoms with E-state index in [1.807, 2.05) is 47.4 Å². The lowest BCUT2D eigenvalue weighted by Crippen LogP contribution is -2.52. The molecule has 0 saturated carbocycles. The highest BCUT2D eigenvalue weighted by Crippen LogP contribution is 2.23. The van der Waals surface area contributed by atoms with Gasteiger partial charge < -0.3 is 9.64 Å². The van der Waals surface area contributed by atoms with Crippen LogP contribution in [0.4, 0.5) is 0 Å². The van der Waals surface area contributed by atoms with Crippen LogP contribution in [0.25, 0.3) is 11.0 Å². The predicted octanol–water partition coefficient (Wildman–Crippen LogP) is 2.11. The van der Waals surface area contributed by atoms with E-state index in [-0.39, 0.29) is 5.91 Å². The molecule has 116 valence electrons. The van der Waals surface area contributed by atoms with Crippen LogP contribution in [0.3, 0.4) is 0 Å². The highest BCUT2D eigenvalue weighted by Gasteiger charge is 2.32. The zero-order valence-electron chi connectivity index (χ0n) is 12.5. The molecule has 2 aromatic carbocycles. The molecule has 1 aliphatic rings. The van der Waals surface area contributed by atoms with Crippen molar-refractivity contribution in [3.8, 4) is 5.75 Å². The summed E-state index contributed by atoms with van der Waals surface area (Å²) in [5.41, 5.74) is 1.93. The van der Waals surface area contributed by atoms with Crippen molar-refractivity contribution in [1.82, 2.24) is 20.3 Å². The summed E-state index contributed by atoms with van der Waals surface area (Å²) in [6.45, 7) is 2.04. The lowest BCUT2D eigenvalue weighted by atomic mass is 9.99. The van der Waals surface area contributed by atoms with Gasteiger partial charge in [0.15, 0.2) is 0 Å². The minimum atomic E-state index is 0.000427. The Balaban J connectivity index is 1.36. The fourth-order valence-corrected chi connectivity index (χ4v) is 2.78. The number of para-hydroxylation sites is 2. The van der Waals surface area contributed by atoms with Gasteiger partial charge in [0.1, 0.15) is 16.8 Å². The van der Waals surface area contributed by atoms with E-state index >= 15 is 0 Å². The molecule has 23 heavy (non-hydrogen) atoms. The first-order valence-electron chi connectivity index (χ1n) is 7.58. The van der Waals surface area contributed by atoms with E-state index in [4.69, 9.17) is 4.74 Å². The third kappa shape index (κ3) is 2.63. The number of aromatic amines is 1. The molecule has 0 atom stereocenters. The fourth-order valence-electron chi connectivity index (χ4n) is 2.78. The highest BCUT2D eigenvalue weighted by atomic mass is 16.5. The lowest BCUT2D eigenvalue weighted by Gasteiger charge is -2.39. The summed E-state index contributed by atoms with van der Waals surface area (Å²) in [5, 5.41) is 10.6. The van der Waals surface area contributed by atoms with Crippen LogP contribution in [0.1, 0.15) is 10.4 Å². The number of aromatic nitrogens is 3. The number of H-pyrrole nitrogens is 1. The van der Waals surface area contributed by atoms with Gasteiger partial charge in [-0.3, -0.25) is 4.79 Å². The van der Waals surface area contributed by atoms with Crippen molar-refractivity contribution in [2.24, 2.45) is 5.92 Å². The number of rotatable bonds is 4. The Morgan fingerprint density at radius 2 is 1.96 bits per heavy atom. The molecule has 0 bridgehead atoms. The summed E-state index contributed by atoms with van der Waals surface area (Å²) in [5.74, 6) is 1.24. The zero-order valence-corrected chi connectivity index (χ0v) is 12.5. The topological polar surface area (TPSA) is 71.1 Å². The van der Waals surface area contributed by atoms with Crippen LogP contribution < -0.4 is 4.74 Å². The molecule has 1 fully saturated rings. The Bertz CT molecular complexity index is 825. The van der Waals surface area contributed by atoms with Crippen molar-refractivity contribution in [1.29, 1.82) is 0 Å². The average molecular weight is 308 g/mol. The van der Waals surface area contributed by atoms with Gasteiger partial charge in [-0.15, -0.1) is 0 Å². The quantitative estimate of drug-likeness (QED) is 0.801. The molecule has 1 aromatic heterocycles. The van der Waals surface area contributed by atoms with Gasteiger partial charge in [0.05, 0.1) is 12.2 Å². The second-order valence-corrected chi connectivity index (χ2v) is 5.70. The Hall–Kier alpha value is -2.89. The van der Waals surface area contributed by atoms with Crippen molar-refractivity contribution in [2.75, 3.05) is 19.7 Å². The summed E-state index contributed by atoms with van der Waals surface area (Å²) in [7, 11) is 0. The lowest BCUT2D eigenvalue weighted by molar-refractivity contribution is 0.0395. The van der Waals surface area contributed by atoms with Crippen molar-refractivity contribution >= 4 is 16.9 Å². The van der Waals surface area contributed by atoms with Crippen molar-refractivity contribution in [2.45, 2.75) is 0 Å². The van der Waals surface area contributed by atoms with Gasteiger partial charge in [-0.25, -0.2) is 0 Å². The van der Waals surface area contributed by atoms with E-state index in [1.54, 1.807) is 6.07 Å². The van der Waals surface area contributed by atoms with Gasteiger partial charge in [-0.1, -0.05) is 24.3 Å². The summed E-state index contributed by atoms with van der Waals surface area (Å²) >= 11 is 0. The first-order valence-corrected chi connectivity index (χ1v) is 7.58. The molecule has 0 unspecified atom stereocenters. The van der Waals surface area contributed by atoms with Gasteiger partial charge in [0.2, 0.25) is 0 Å². The van der Waals surface area contributed by atoms with Crippen LogP contribution in [0, 0.1) is 5.92 Å². The first-order chi connectivity index (χ1) is 11.3. The van der Waals surface area contributed by atoms with Gasteiger partial charge in [0, 0.05) is 19.0 Å². The molecule has 6 nitrogen and oxygen atoms in total. The second kappa shape index (κ2) is 5.72. The molecule has 0 spiro atoms. The molecule has 6 heteroatoms. The van der Waals surface area contributed by atoms with Crippen molar-refractivity contribution in [3.63, 3.8) is 0 Å². The molecule has 0 radical (unpaired) electrons. The van der Waals surface area contributed by atoms with E-state index < -0.39 is 0 Å². The maximum atomic E-state index is 12.6. The maximum absolute atomic E-state index is 12.6. The van der Waals surface area contributed by atoms with Gasteiger partial charge >= 0.3 is 0 Å². The number of nitrogens with zero attached hydrogens (tertiary/aromatic N) is 3. The van der Waals surface area contributed by atoms with Gasteiger partial charge in [0.25, 0.3) is 5.91 Å². The summed E-state index contributed by atoms with van der Waals surface area (Å²) in [6, 6.07) is 15.2.